The molecule has 4 aromatic rings. The first kappa shape index (κ1) is 22.6. The summed E-state index contributed by atoms with van der Waals surface area (Å²) < 4.78 is 0. The molecule has 2 atom stereocenters. The molecule has 3 aromatic carbocycles. The van der Waals surface area contributed by atoms with Crippen molar-refractivity contribution < 1.29 is 9.59 Å². The van der Waals surface area contributed by atoms with Gasteiger partial charge in [0.25, 0.3) is 11.8 Å². The second-order valence-electron chi connectivity index (χ2n) is 8.52. The normalized spacial score (nSPS) is 17.7. The first-order valence-electron chi connectivity index (χ1n) is 11.1. The number of hydrogen-bond donors (Lipinski definition) is 3. The third-order valence-corrected chi connectivity index (χ3v) is 6.58. The number of aromatic nitrogens is 1. The lowest BCUT2D eigenvalue weighted by atomic mass is 10.1. The summed E-state index contributed by atoms with van der Waals surface area (Å²) in [5.74, 6) is -0.410. The standard InChI is InChI=1S/C26H22Cl2N4O2/c27-19-5-3-15-11-18(2-1-16(15)12-19)25(33)29-21-7-8-22(14-21)31-32-26(34)24-9-4-17-13-20(28)6-10-23(17)30-24/h1-6,9-13,21-22,31H,7-8,14H2,(H,29,33)(H,32,34). The number of rotatable bonds is 5. The Morgan fingerprint density at radius 2 is 1.44 bits per heavy atom. The molecule has 0 bridgehead atoms. The summed E-state index contributed by atoms with van der Waals surface area (Å²) >= 11 is 12.0. The van der Waals surface area contributed by atoms with Crippen molar-refractivity contribution in [3.8, 4) is 0 Å². The molecule has 34 heavy (non-hydrogen) atoms. The molecular weight excluding hydrogens is 471 g/mol. The predicted molar refractivity (Wildman–Crippen MR) is 135 cm³/mol. The van der Waals surface area contributed by atoms with Crippen LogP contribution in [0.5, 0.6) is 0 Å². The molecule has 8 heteroatoms. The Bertz CT molecular complexity index is 1410. The lowest BCUT2D eigenvalue weighted by molar-refractivity contribution is 0.0911. The summed E-state index contributed by atoms with van der Waals surface area (Å²) in [6.07, 6.45) is 2.39. The van der Waals surface area contributed by atoms with Gasteiger partial charge in [-0.3, -0.25) is 15.0 Å². The largest absolute Gasteiger partial charge is 0.349 e. The molecule has 0 spiro atoms. The Hall–Kier alpha value is -3.19. The summed E-state index contributed by atoms with van der Waals surface area (Å²) in [6.45, 7) is 0. The van der Waals surface area contributed by atoms with Crippen LogP contribution in [0.25, 0.3) is 21.7 Å². The fourth-order valence-electron chi connectivity index (χ4n) is 4.32. The van der Waals surface area contributed by atoms with Gasteiger partial charge in [-0.05, 0) is 78.6 Å². The Morgan fingerprint density at radius 1 is 0.765 bits per heavy atom. The van der Waals surface area contributed by atoms with Crippen LogP contribution < -0.4 is 16.2 Å². The zero-order valence-electron chi connectivity index (χ0n) is 18.1. The molecule has 5 rings (SSSR count). The maximum absolute atomic E-state index is 12.8. The van der Waals surface area contributed by atoms with E-state index in [1.807, 2.05) is 48.5 Å². The predicted octanol–water partition coefficient (Wildman–Crippen LogP) is 5.28. The fourth-order valence-corrected chi connectivity index (χ4v) is 4.69. The Balaban J connectivity index is 1.15. The molecule has 1 aromatic heterocycles. The van der Waals surface area contributed by atoms with E-state index in [-0.39, 0.29) is 23.9 Å². The number of benzene rings is 3. The van der Waals surface area contributed by atoms with E-state index in [0.717, 1.165) is 35.4 Å². The minimum absolute atomic E-state index is 0.0337. The summed E-state index contributed by atoms with van der Waals surface area (Å²) in [5.41, 5.74) is 7.47. The molecule has 1 aliphatic carbocycles. The lowest BCUT2D eigenvalue weighted by Crippen LogP contribution is -2.44. The van der Waals surface area contributed by atoms with Gasteiger partial charge in [0, 0.05) is 33.1 Å². The van der Waals surface area contributed by atoms with E-state index in [9.17, 15) is 9.59 Å². The molecule has 1 heterocycles. The van der Waals surface area contributed by atoms with Crippen LogP contribution in [0, 0.1) is 0 Å². The smallest absolute Gasteiger partial charge is 0.283 e. The van der Waals surface area contributed by atoms with E-state index in [4.69, 9.17) is 23.2 Å². The lowest BCUT2D eigenvalue weighted by Gasteiger charge is -2.15. The van der Waals surface area contributed by atoms with Gasteiger partial charge in [-0.2, -0.15) is 0 Å². The van der Waals surface area contributed by atoms with Gasteiger partial charge in [0.05, 0.1) is 5.52 Å². The van der Waals surface area contributed by atoms with Gasteiger partial charge in [0.2, 0.25) is 0 Å². The quantitative estimate of drug-likeness (QED) is 0.331. The van der Waals surface area contributed by atoms with Gasteiger partial charge >= 0.3 is 0 Å². The zero-order chi connectivity index (χ0) is 23.7. The van der Waals surface area contributed by atoms with Gasteiger partial charge in [0.1, 0.15) is 5.69 Å². The Labute approximate surface area is 206 Å². The van der Waals surface area contributed by atoms with Crippen molar-refractivity contribution in [2.75, 3.05) is 0 Å². The second kappa shape index (κ2) is 9.58. The average molecular weight is 493 g/mol. The van der Waals surface area contributed by atoms with Crippen LogP contribution in [-0.2, 0) is 0 Å². The van der Waals surface area contributed by atoms with Gasteiger partial charge < -0.3 is 5.32 Å². The van der Waals surface area contributed by atoms with Crippen molar-refractivity contribution in [3.63, 3.8) is 0 Å². The molecule has 0 aliphatic heterocycles. The molecule has 1 aliphatic rings. The van der Waals surface area contributed by atoms with Crippen molar-refractivity contribution in [2.45, 2.75) is 31.3 Å². The maximum Gasteiger partial charge on any atom is 0.283 e. The van der Waals surface area contributed by atoms with Crippen LogP contribution in [0.4, 0.5) is 0 Å². The number of hydrogen-bond acceptors (Lipinski definition) is 4. The molecule has 172 valence electrons. The highest BCUT2D eigenvalue weighted by Crippen LogP contribution is 2.23. The highest BCUT2D eigenvalue weighted by molar-refractivity contribution is 6.31. The van der Waals surface area contributed by atoms with E-state index in [2.05, 4.69) is 21.2 Å². The minimum atomic E-state index is -0.305. The van der Waals surface area contributed by atoms with Gasteiger partial charge in [-0.15, -0.1) is 0 Å². The van der Waals surface area contributed by atoms with Gasteiger partial charge in [-0.25, -0.2) is 10.4 Å². The molecule has 2 amide bonds. The van der Waals surface area contributed by atoms with Crippen LogP contribution in [-0.4, -0.2) is 28.9 Å². The number of amides is 2. The highest BCUT2D eigenvalue weighted by atomic mass is 35.5. The third-order valence-electron chi connectivity index (χ3n) is 6.11. The van der Waals surface area contributed by atoms with Crippen LogP contribution in [0.1, 0.15) is 40.1 Å². The van der Waals surface area contributed by atoms with Gasteiger partial charge in [0.15, 0.2) is 0 Å². The summed E-state index contributed by atoms with van der Waals surface area (Å²) in [7, 11) is 0. The van der Waals surface area contributed by atoms with Crippen LogP contribution in [0.2, 0.25) is 10.0 Å². The Kier molecular flexibility index (Phi) is 6.37. The molecule has 1 fully saturated rings. The molecule has 1 saturated carbocycles. The molecule has 6 nitrogen and oxygen atoms in total. The van der Waals surface area contributed by atoms with Crippen LogP contribution in [0.3, 0.4) is 0 Å². The first-order valence-corrected chi connectivity index (χ1v) is 11.8. The van der Waals surface area contributed by atoms with Crippen molar-refractivity contribution >= 4 is 56.7 Å². The molecule has 0 radical (unpaired) electrons. The number of carbonyl (C=O) groups is 2. The number of fused-ring (bicyclic) bond motifs is 2. The third kappa shape index (κ3) is 4.99. The second-order valence-corrected chi connectivity index (χ2v) is 9.39. The van der Waals surface area contributed by atoms with Crippen molar-refractivity contribution in [3.05, 3.63) is 88.0 Å². The fraction of sp³-hybridized carbons (Fsp3) is 0.192. The van der Waals surface area contributed by atoms with E-state index in [0.29, 0.717) is 26.8 Å². The molecule has 3 N–H and O–H groups in total. The summed E-state index contributed by atoms with van der Waals surface area (Å²) in [4.78, 5) is 29.7. The van der Waals surface area contributed by atoms with E-state index >= 15 is 0 Å². The number of nitrogens with one attached hydrogen (secondary N) is 3. The van der Waals surface area contributed by atoms with Crippen molar-refractivity contribution in [1.82, 2.24) is 21.2 Å². The minimum Gasteiger partial charge on any atom is -0.349 e. The number of nitrogens with zero attached hydrogens (tertiary/aromatic N) is 1. The van der Waals surface area contributed by atoms with Crippen molar-refractivity contribution in [2.24, 2.45) is 0 Å². The van der Waals surface area contributed by atoms with E-state index in [1.165, 1.54) is 0 Å². The molecule has 0 saturated heterocycles. The first-order chi connectivity index (χ1) is 16.4. The summed E-state index contributed by atoms with van der Waals surface area (Å²) in [5, 5.41) is 7.24. The van der Waals surface area contributed by atoms with E-state index in [1.54, 1.807) is 18.2 Å². The maximum atomic E-state index is 12.8. The van der Waals surface area contributed by atoms with Crippen LogP contribution >= 0.6 is 23.2 Å². The molecular formula is C26H22Cl2N4O2. The SMILES string of the molecule is O=C(NC1CCC(NNC(=O)c2ccc3cc(Cl)ccc3n2)C1)c1ccc2cc(Cl)ccc2c1. The van der Waals surface area contributed by atoms with Crippen LogP contribution in [0.15, 0.2) is 66.7 Å². The Morgan fingerprint density at radius 3 is 2.29 bits per heavy atom. The van der Waals surface area contributed by atoms with E-state index < -0.39 is 0 Å². The highest BCUT2D eigenvalue weighted by Gasteiger charge is 2.26. The number of carbonyl (C=O) groups excluding carboxylic acids is 2. The number of halogens is 2. The average Bonchev–Trinajstić information content (AvgIpc) is 3.29. The number of pyridine rings is 1. The topological polar surface area (TPSA) is 83.1 Å². The molecule has 2 unspecified atom stereocenters. The zero-order valence-corrected chi connectivity index (χ0v) is 19.7. The monoisotopic (exact) mass is 492 g/mol. The number of hydrazine groups is 1. The van der Waals surface area contributed by atoms with Crippen molar-refractivity contribution in [1.29, 1.82) is 0 Å². The van der Waals surface area contributed by atoms with Gasteiger partial charge in [-0.1, -0.05) is 41.4 Å². The summed E-state index contributed by atoms with van der Waals surface area (Å²) in [6, 6.07) is 20.1.